The molecule has 4 nitrogen and oxygen atoms in total. The van der Waals surface area contributed by atoms with Crippen LogP contribution in [0.4, 0.5) is 0 Å². The van der Waals surface area contributed by atoms with Gasteiger partial charge in [-0.05, 0) is 19.3 Å². The van der Waals surface area contributed by atoms with E-state index in [1.165, 1.54) is 0 Å². The van der Waals surface area contributed by atoms with E-state index in [9.17, 15) is 4.79 Å². The standard InChI is InChI=1S/C5H9NO3/c6-9-5(4(7)8)2-1-3-5/h1-3,6H2,(H,7,8). The summed E-state index contributed by atoms with van der Waals surface area (Å²) in [4.78, 5) is 14.7. The molecule has 1 fully saturated rings. The molecular weight excluding hydrogens is 122 g/mol. The van der Waals surface area contributed by atoms with Crippen LogP contribution in [0.1, 0.15) is 19.3 Å². The number of carboxylic acids is 1. The first kappa shape index (κ1) is 6.51. The minimum atomic E-state index is -1.04. The van der Waals surface area contributed by atoms with Crippen molar-refractivity contribution in [3.05, 3.63) is 0 Å². The topological polar surface area (TPSA) is 72.5 Å². The van der Waals surface area contributed by atoms with Gasteiger partial charge in [0.25, 0.3) is 0 Å². The molecule has 0 aromatic carbocycles. The highest BCUT2D eigenvalue weighted by Crippen LogP contribution is 2.34. The molecule has 0 spiro atoms. The summed E-state index contributed by atoms with van der Waals surface area (Å²) in [6.45, 7) is 0. The summed E-state index contributed by atoms with van der Waals surface area (Å²) < 4.78 is 0. The SMILES string of the molecule is NOC1(C(=O)O)CCC1. The van der Waals surface area contributed by atoms with Gasteiger partial charge in [0.1, 0.15) is 0 Å². The van der Waals surface area contributed by atoms with Gasteiger partial charge in [0.2, 0.25) is 0 Å². The minimum absolute atomic E-state index is 0.541. The molecule has 0 amide bonds. The largest absolute Gasteiger partial charge is 0.479 e. The molecule has 1 aliphatic rings. The fourth-order valence-electron chi connectivity index (χ4n) is 0.880. The van der Waals surface area contributed by atoms with Gasteiger partial charge in [-0.25, -0.2) is 10.7 Å². The maximum Gasteiger partial charge on any atom is 0.338 e. The highest BCUT2D eigenvalue weighted by molar-refractivity contribution is 5.78. The van der Waals surface area contributed by atoms with Gasteiger partial charge in [0.15, 0.2) is 5.60 Å². The number of hydrogen-bond acceptors (Lipinski definition) is 3. The molecule has 0 radical (unpaired) electrons. The van der Waals surface area contributed by atoms with Crippen LogP contribution in [0.2, 0.25) is 0 Å². The van der Waals surface area contributed by atoms with Gasteiger partial charge in [0, 0.05) is 0 Å². The number of carboxylic acid groups (broad SMARTS) is 1. The highest BCUT2D eigenvalue weighted by Gasteiger charge is 2.45. The van der Waals surface area contributed by atoms with Crippen molar-refractivity contribution in [2.24, 2.45) is 5.90 Å². The monoisotopic (exact) mass is 131 g/mol. The number of nitrogens with two attached hydrogens (primary N) is 1. The zero-order chi connectivity index (χ0) is 6.91. The Balaban J connectivity index is 2.57. The summed E-state index contributed by atoms with van der Waals surface area (Å²) in [5, 5.41) is 8.48. The highest BCUT2D eigenvalue weighted by atomic mass is 16.6. The second-order valence-electron chi connectivity index (χ2n) is 2.27. The van der Waals surface area contributed by atoms with Crippen molar-refractivity contribution in [3.8, 4) is 0 Å². The quantitative estimate of drug-likeness (QED) is 0.512. The fraction of sp³-hybridized carbons (Fsp3) is 0.800. The van der Waals surface area contributed by atoms with Gasteiger partial charge in [-0.2, -0.15) is 0 Å². The Labute approximate surface area is 52.6 Å². The predicted octanol–water partition coefficient (Wildman–Crippen LogP) is -0.116. The van der Waals surface area contributed by atoms with Crippen molar-refractivity contribution in [2.45, 2.75) is 24.9 Å². The van der Waals surface area contributed by atoms with E-state index in [1.54, 1.807) is 0 Å². The smallest absolute Gasteiger partial charge is 0.338 e. The van der Waals surface area contributed by atoms with Gasteiger partial charge in [-0.1, -0.05) is 0 Å². The van der Waals surface area contributed by atoms with Gasteiger partial charge < -0.3 is 5.11 Å². The first-order valence-corrected chi connectivity index (χ1v) is 2.82. The third-order valence-electron chi connectivity index (χ3n) is 1.78. The van der Waals surface area contributed by atoms with E-state index in [-0.39, 0.29) is 0 Å². The molecule has 0 aromatic heterocycles. The number of rotatable bonds is 2. The molecule has 0 heterocycles. The third kappa shape index (κ3) is 0.799. The van der Waals surface area contributed by atoms with Crippen LogP contribution in [0.25, 0.3) is 0 Å². The summed E-state index contributed by atoms with van der Waals surface area (Å²) in [6, 6.07) is 0. The summed E-state index contributed by atoms with van der Waals surface area (Å²) in [5.74, 6) is 3.84. The van der Waals surface area contributed by atoms with E-state index in [0.29, 0.717) is 12.8 Å². The van der Waals surface area contributed by atoms with Crippen LogP contribution in [0.3, 0.4) is 0 Å². The maximum atomic E-state index is 10.3. The zero-order valence-corrected chi connectivity index (χ0v) is 4.96. The lowest BCUT2D eigenvalue weighted by Gasteiger charge is -2.34. The third-order valence-corrected chi connectivity index (χ3v) is 1.78. The van der Waals surface area contributed by atoms with E-state index in [0.717, 1.165) is 6.42 Å². The Morgan fingerprint density at radius 1 is 1.67 bits per heavy atom. The Bertz CT molecular complexity index is 125. The summed E-state index contributed by atoms with van der Waals surface area (Å²) in [5.41, 5.74) is -1.04. The average Bonchev–Trinajstić information content (AvgIpc) is 1.62. The van der Waals surface area contributed by atoms with E-state index >= 15 is 0 Å². The van der Waals surface area contributed by atoms with Crippen molar-refractivity contribution in [1.29, 1.82) is 0 Å². The minimum Gasteiger partial charge on any atom is -0.479 e. The van der Waals surface area contributed by atoms with E-state index in [4.69, 9.17) is 11.0 Å². The van der Waals surface area contributed by atoms with Crippen molar-refractivity contribution >= 4 is 5.97 Å². The van der Waals surface area contributed by atoms with Crippen molar-refractivity contribution in [3.63, 3.8) is 0 Å². The van der Waals surface area contributed by atoms with Crippen LogP contribution < -0.4 is 5.90 Å². The van der Waals surface area contributed by atoms with Crippen LogP contribution in [0, 0.1) is 0 Å². The molecule has 9 heavy (non-hydrogen) atoms. The van der Waals surface area contributed by atoms with E-state index in [1.807, 2.05) is 0 Å². The fourth-order valence-corrected chi connectivity index (χ4v) is 0.880. The van der Waals surface area contributed by atoms with Crippen LogP contribution in [0.5, 0.6) is 0 Å². The van der Waals surface area contributed by atoms with Gasteiger partial charge in [0.05, 0.1) is 0 Å². The maximum absolute atomic E-state index is 10.3. The molecule has 1 rings (SSSR count). The Hall–Kier alpha value is -0.610. The van der Waals surface area contributed by atoms with Crippen LogP contribution in [0.15, 0.2) is 0 Å². The number of hydrogen-bond donors (Lipinski definition) is 2. The summed E-state index contributed by atoms with van der Waals surface area (Å²) >= 11 is 0. The normalized spacial score (nSPS) is 22.8. The second-order valence-corrected chi connectivity index (χ2v) is 2.27. The van der Waals surface area contributed by atoms with E-state index in [2.05, 4.69) is 4.84 Å². The second kappa shape index (κ2) is 1.97. The van der Waals surface area contributed by atoms with Gasteiger partial charge in [-0.3, -0.25) is 4.84 Å². The van der Waals surface area contributed by atoms with Gasteiger partial charge in [-0.15, -0.1) is 0 Å². The first-order chi connectivity index (χ1) is 4.21. The molecular formula is C5H9NO3. The average molecular weight is 131 g/mol. The molecule has 4 heteroatoms. The van der Waals surface area contributed by atoms with Crippen molar-refractivity contribution in [2.75, 3.05) is 0 Å². The molecule has 3 N–H and O–H groups in total. The molecule has 0 bridgehead atoms. The predicted molar refractivity (Wildman–Crippen MR) is 29.5 cm³/mol. The van der Waals surface area contributed by atoms with Gasteiger partial charge >= 0.3 is 5.97 Å². The van der Waals surface area contributed by atoms with Crippen molar-refractivity contribution in [1.82, 2.24) is 0 Å². The Morgan fingerprint density at radius 2 is 2.22 bits per heavy atom. The molecule has 0 saturated heterocycles. The molecule has 1 aliphatic carbocycles. The van der Waals surface area contributed by atoms with E-state index < -0.39 is 11.6 Å². The Morgan fingerprint density at radius 3 is 2.22 bits per heavy atom. The molecule has 52 valence electrons. The van der Waals surface area contributed by atoms with Crippen LogP contribution >= 0.6 is 0 Å². The molecule has 0 unspecified atom stereocenters. The summed E-state index contributed by atoms with van der Waals surface area (Å²) in [7, 11) is 0. The lowest BCUT2D eigenvalue weighted by atomic mass is 9.80. The molecule has 1 saturated carbocycles. The summed E-state index contributed by atoms with van der Waals surface area (Å²) in [6.07, 6.45) is 1.97. The Kier molecular flexibility index (Phi) is 1.42. The first-order valence-electron chi connectivity index (χ1n) is 2.82. The van der Waals surface area contributed by atoms with Crippen LogP contribution in [-0.2, 0) is 9.63 Å². The van der Waals surface area contributed by atoms with Crippen molar-refractivity contribution < 1.29 is 14.7 Å². The molecule has 0 aromatic rings. The zero-order valence-electron chi connectivity index (χ0n) is 4.96. The molecule has 0 atom stereocenters. The number of aliphatic carboxylic acids is 1. The van der Waals surface area contributed by atoms with Crippen LogP contribution in [-0.4, -0.2) is 16.7 Å². The number of carbonyl (C=O) groups is 1. The lowest BCUT2D eigenvalue weighted by Crippen LogP contribution is -2.49. The lowest BCUT2D eigenvalue weighted by molar-refractivity contribution is -0.179. The molecule has 0 aliphatic heterocycles.